The number of azide groups is 1. The third-order valence-corrected chi connectivity index (χ3v) is 4.62. The average molecular weight is 369 g/mol. The highest BCUT2D eigenvalue weighted by Gasteiger charge is 2.59. The van der Waals surface area contributed by atoms with Crippen LogP contribution in [-0.4, -0.2) is 69.4 Å². The number of carbonyl (C=O) groups excluding carboxylic acids is 3. The molecule has 1 unspecified atom stereocenters. The Morgan fingerprint density at radius 2 is 2.08 bits per heavy atom. The summed E-state index contributed by atoms with van der Waals surface area (Å²) in [4.78, 5) is 41.8. The number of carbonyl (C=O) groups is 3. The third kappa shape index (κ3) is 3.26. The first-order valence-corrected chi connectivity index (χ1v) is 8.17. The van der Waals surface area contributed by atoms with E-state index in [0.717, 1.165) is 4.90 Å². The SMILES string of the molecule is CC(C)(C)C(=O)C1(C)CN([C@H]2C[C@H](O)[C@@H](CO)O2)C(=O)N(N=[N+]=[N-])C1=O. The van der Waals surface area contributed by atoms with E-state index in [1.165, 1.54) is 6.92 Å². The van der Waals surface area contributed by atoms with E-state index in [1.54, 1.807) is 20.8 Å². The Labute approximate surface area is 150 Å². The van der Waals surface area contributed by atoms with Gasteiger partial charge in [0.2, 0.25) is 0 Å². The molecule has 0 aromatic carbocycles. The van der Waals surface area contributed by atoms with Gasteiger partial charge in [0.25, 0.3) is 0 Å². The zero-order valence-electron chi connectivity index (χ0n) is 15.1. The van der Waals surface area contributed by atoms with Crippen molar-refractivity contribution in [2.45, 2.75) is 52.6 Å². The molecule has 0 aliphatic carbocycles. The number of imide groups is 1. The molecule has 0 spiro atoms. The smallest absolute Gasteiger partial charge is 0.394 e. The Balaban J connectivity index is 2.44. The minimum Gasteiger partial charge on any atom is -0.394 e. The number of aliphatic hydroxyl groups is 2. The van der Waals surface area contributed by atoms with Crippen LogP contribution >= 0.6 is 0 Å². The molecule has 0 radical (unpaired) electrons. The lowest BCUT2D eigenvalue weighted by Gasteiger charge is -2.42. The molecule has 144 valence electrons. The van der Waals surface area contributed by atoms with Crippen molar-refractivity contribution in [3.63, 3.8) is 0 Å². The summed E-state index contributed by atoms with van der Waals surface area (Å²) in [5.74, 6) is -1.34. The second-order valence-corrected chi connectivity index (χ2v) is 7.73. The Bertz CT molecular complexity index is 670. The molecule has 2 saturated heterocycles. The number of ketones is 1. The van der Waals surface area contributed by atoms with Crippen LogP contribution in [0.15, 0.2) is 5.22 Å². The van der Waals surface area contributed by atoms with E-state index in [9.17, 15) is 24.6 Å². The minimum absolute atomic E-state index is 0.00491. The van der Waals surface area contributed by atoms with Crippen molar-refractivity contribution in [2.75, 3.05) is 13.2 Å². The first-order valence-electron chi connectivity index (χ1n) is 8.17. The van der Waals surface area contributed by atoms with E-state index in [-0.39, 0.29) is 13.0 Å². The second-order valence-electron chi connectivity index (χ2n) is 7.73. The highest BCUT2D eigenvalue weighted by Crippen LogP contribution is 2.38. The van der Waals surface area contributed by atoms with Crippen LogP contribution in [0.5, 0.6) is 0 Å². The van der Waals surface area contributed by atoms with Crippen LogP contribution in [0, 0.1) is 10.8 Å². The molecule has 2 rings (SSSR count). The lowest BCUT2D eigenvalue weighted by atomic mass is 9.71. The van der Waals surface area contributed by atoms with Gasteiger partial charge in [0.15, 0.2) is 5.78 Å². The van der Waals surface area contributed by atoms with Gasteiger partial charge in [-0.05, 0) is 12.1 Å². The highest BCUT2D eigenvalue weighted by molar-refractivity contribution is 6.13. The number of nitrogens with zero attached hydrogens (tertiary/aromatic N) is 5. The summed E-state index contributed by atoms with van der Waals surface area (Å²) in [5, 5.41) is 22.6. The van der Waals surface area contributed by atoms with Gasteiger partial charge in [0.05, 0.1) is 19.3 Å². The van der Waals surface area contributed by atoms with Crippen LogP contribution in [0.3, 0.4) is 0 Å². The maximum atomic E-state index is 12.9. The Morgan fingerprint density at radius 1 is 1.46 bits per heavy atom. The molecule has 0 aromatic heterocycles. The van der Waals surface area contributed by atoms with E-state index in [1.807, 2.05) is 0 Å². The predicted molar refractivity (Wildman–Crippen MR) is 87.0 cm³/mol. The van der Waals surface area contributed by atoms with Gasteiger partial charge in [0, 0.05) is 11.8 Å². The number of hydrogen-bond acceptors (Lipinski definition) is 7. The van der Waals surface area contributed by atoms with Crippen LogP contribution in [0.1, 0.15) is 34.1 Å². The number of hydrogen-bond donors (Lipinski definition) is 2. The topological polar surface area (TPSA) is 156 Å². The molecule has 2 aliphatic heterocycles. The lowest BCUT2D eigenvalue weighted by molar-refractivity contribution is -0.159. The minimum atomic E-state index is -1.65. The van der Waals surface area contributed by atoms with Crippen molar-refractivity contribution in [3.8, 4) is 0 Å². The van der Waals surface area contributed by atoms with E-state index in [2.05, 4.69) is 10.1 Å². The maximum Gasteiger partial charge on any atom is 0.424 e. The molecule has 2 aliphatic rings. The number of amides is 3. The lowest BCUT2D eigenvalue weighted by Crippen LogP contribution is -2.65. The van der Waals surface area contributed by atoms with Gasteiger partial charge >= 0.3 is 11.9 Å². The largest absolute Gasteiger partial charge is 0.424 e. The molecule has 2 N–H and O–H groups in total. The van der Waals surface area contributed by atoms with E-state index in [4.69, 9.17) is 10.3 Å². The number of rotatable bonds is 4. The summed E-state index contributed by atoms with van der Waals surface area (Å²) in [7, 11) is 0. The quantitative estimate of drug-likeness (QED) is 0.319. The molecule has 2 heterocycles. The fourth-order valence-electron chi connectivity index (χ4n) is 3.33. The summed E-state index contributed by atoms with van der Waals surface area (Å²) >= 11 is 0. The third-order valence-electron chi connectivity index (χ3n) is 4.62. The van der Waals surface area contributed by atoms with Crippen molar-refractivity contribution < 1.29 is 29.3 Å². The summed E-state index contributed by atoms with van der Waals surface area (Å²) in [6, 6.07) is -0.942. The molecular weight excluding hydrogens is 346 g/mol. The first-order chi connectivity index (χ1) is 12.0. The van der Waals surface area contributed by atoms with Crippen LogP contribution < -0.4 is 0 Å². The van der Waals surface area contributed by atoms with Crippen molar-refractivity contribution >= 4 is 17.7 Å². The molecule has 11 heteroatoms. The Morgan fingerprint density at radius 3 is 2.54 bits per heavy atom. The van der Waals surface area contributed by atoms with Gasteiger partial charge in [-0.25, -0.2) is 9.59 Å². The van der Waals surface area contributed by atoms with Gasteiger partial charge in [-0.1, -0.05) is 25.8 Å². The second kappa shape index (κ2) is 6.84. The van der Waals surface area contributed by atoms with Crippen LogP contribution in [0.25, 0.3) is 10.4 Å². The molecule has 3 amide bonds. The van der Waals surface area contributed by atoms with Crippen molar-refractivity contribution in [3.05, 3.63) is 10.4 Å². The molecule has 4 atom stereocenters. The van der Waals surface area contributed by atoms with Gasteiger partial charge in [-0.2, -0.15) is 4.91 Å². The Kier molecular flexibility index (Phi) is 5.29. The standard InChI is InChI=1S/C15H23N5O6/c1-14(2,3)11(23)15(4)7-19(10-5-8(22)9(6-21)26-10)13(25)20(12(15)24)18-17-16/h8-10,21-22H,5-7H2,1-4H3/t8-,9+,10+,15?/m0/s1. The predicted octanol–water partition coefficient (Wildman–Crippen LogP) is 0.566. The van der Waals surface area contributed by atoms with Crippen LogP contribution in [0.4, 0.5) is 4.79 Å². The normalized spacial score (nSPS) is 32.6. The highest BCUT2D eigenvalue weighted by atomic mass is 16.5. The summed E-state index contributed by atoms with van der Waals surface area (Å²) < 4.78 is 5.47. The number of urea groups is 1. The van der Waals surface area contributed by atoms with Gasteiger partial charge in [-0.15, -0.1) is 5.53 Å². The van der Waals surface area contributed by atoms with E-state index >= 15 is 0 Å². The van der Waals surface area contributed by atoms with Gasteiger partial charge in [-0.3, -0.25) is 9.69 Å². The monoisotopic (exact) mass is 369 g/mol. The van der Waals surface area contributed by atoms with E-state index in [0.29, 0.717) is 5.01 Å². The fraction of sp³-hybridized carbons (Fsp3) is 0.800. The van der Waals surface area contributed by atoms with Crippen LogP contribution in [0.2, 0.25) is 0 Å². The fourth-order valence-corrected chi connectivity index (χ4v) is 3.33. The molecular formula is C15H23N5O6. The molecule has 26 heavy (non-hydrogen) atoms. The molecule has 0 aromatic rings. The van der Waals surface area contributed by atoms with Gasteiger partial charge < -0.3 is 14.9 Å². The van der Waals surface area contributed by atoms with Crippen LogP contribution in [-0.2, 0) is 14.3 Å². The number of ether oxygens (including phenoxy) is 1. The maximum absolute atomic E-state index is 12.9. The van der Waals surface area contributed by atoms with Crippen molar-refractivity contribution in [1.29, 1.82) is 0 Å². The Hall–Kier alpha value is -2.20. The van der Waals surface area contributed by atoms with E-state index < -0.39 is 53.6 Å². The van der Waals surface area contributed by atoms with Crippen molar-refractivity contribution in [1.82, 2.24) is 9.91 Å². The summed E-state index contributed by atoms with van der Waals surface area (Å²) in [5.41, 5.74) is 6.17. The zero-order chi connectivity index (χ0) is 19.9. The molecule has 0 saturated carbocycles. The number of Topliss-reactive ketones (excluding diaryl/α,β-unsaturated/α-hetero) is 1. The summed E-state index contributed by atoms with van der Waals surface area (Å²) in [6.45, 7) is 5.58. The average Bonchev–Trinajstić information content (AvgIpc) is 2.94. The summed E-state index contributed by atoms with van der Waals surface area (Å²) in [6.07, 6.45) is -2.86. The molecule has 11 nitrogen and oxygen atoms in total. The molecule has 2 fully saturated rings. The molecule has 0 bridgehead atoms. The van der Waals surface area contributed by atoms with Gasteiger partial charge in [0.1, 0.15) is 17.7 Å². The zero-order valence-corrected chi connectivity index (χ0v) is 15.1. The number of aliphatic hydroxyl groups excluding tert-OH is 2. The van der Waals surface area contributed by atoms with Crippen molar-refractivity contribution in [2.24, 2.45) is 16.1 Å². The first kappa shape index (κ1) is 20.1.